The maximum Gasteiger partial charge on any atom is 0.408 e. The number of piperidine rings is 1. The fraction of sp³-hybridized carbons (Fsp3) is 0.900. The molecule has 0 aromatic carbocycles. The van der Waals surface area contributed by atoms with E-state index in [1.165, 1.54) is 0 Å². The number of hydrogen-bond donors (Lipinski definition) is 3. The van der Waals surface area contributed by atoms with E-state index in [4.69, 9.17) is 9.66 Å². The number of rotatable bonds is 4. The van der Waals surface area contributed by atoms with Gasteiger partial charge in [-0.1, -0.05) is 6.92 Å². The maximum absolute atomic E-state index is 11.0. The Morgan fingerprint density at radius 2 is 2.18 bits per heavy atom. The van der Waals surface area contributed by atoms with E-state index in [9.17, 15) is 9.00 Å². The number of hydrogen-bond acceptors (Lipinski definition) is 3. The molecule has 1 amide bonds. The zero-order chi connectivity index (χ0) is 13.0. The first-order valence-electron chi connectivity index (χ1n) is 5.68. The smallest absolute Gasteiger partial charge is 0.408 e. The third-order valence-corrected chi connectivity index (χ3v) is 3.72. The SMILES string of the molecule is CC1CNC(C)C(CN(CS(=O)O)C(=O)O)C1. The molecule has 1 rings (SSSR count). The molecule has 1 heterocycles. The molecule has 1 aliphatic heterocycles. The average molecular weight is 264 g/mol. The fourth-order valence-corrected chi connectivity index (χ4v) is 2.68. The molecule has 0 bridgehead atoms. The Labute approximate surface area is 104 Å². The predicted octanol–water partition coefficient (Wildman–Crippen LogP) is 0.780. The minimum absolute atomic E-state index is 0.193. The van der Waals surface area contributed by atoms with E-state index in [-0.39, 0.29) is 17.8 Å². The third-order valence-electron chi connectivity index (χ3n) is 3.19. The summed E-state index contributed by atoms with van der Waals surface area (Å²) in [5.74, 6) is 0.359. The van der Waals surface area contributed by atoms with Crippen LogP contribution in [-0.2, 0) is 11.1 Å². The Morgan fingerprint density at radius 1 is 1.53 bits per heavy atom. The number of nitrogens with zero attached hydrogens (tertiary/aromatic N) is 1. The van der Waals surface area contributed by atoms with Crippen molar-refractivity contribution >= 4 is 17.2 Å². The van der Waals surface area contributed by atoms with E-state index in [0.717, 1.165) is 17.9 Å². The molecule has 0 aliphatic carbocycles. The summed E-state index contributed by atoms with van der Waals surface area (Å²) >= 11 is -2.12. The molecule has 6 nitrogen and oxygen atoms in total. The molecule has 0 aromatic heterocycles. The van der Waals surface area contributed by atoms with Gasteiger partial charge in [0, 0.05) is 12.6 Å². The van der Waals surface area contributed by atoms with Crippen molar-refractivity contribution in [2.75, 3.05) is 19.0 Å². The van der Waals surface area contributed by atoms with Gasteiger partial charge >= 0.3 is 6.09 Å². The molecule has 1 saturated heterocycles. The highest BCUT2D eigenvalue weighted by atomic mass is 32.2. The number of nitrogens with one attached hydrogen (secondary N) is 1. The molecule has 0 aromatic rings. The Bertz CT molecular complexity index is 300. The van der Waals surface area contributed by atoms with Gasteiger partial charge in [-0.15, -0.1) is 0 Å². The minimum atomic E-state index is -2.12. The van der Waals surface area contributed by atoms with Gasteiger partial charge in [0.1, 0.15) is 5.88 Å². The number of carbonyl (C=O) groups is 1. The van der Waals surface area contributed by atoms with Crippen LogP contribution >= 0.6 is 0 Å². The van der Waals surface area contributed by atoms with Crippen LogP contribution in [0.5, 0.6) is 0 Å². The standard InChI is InChI=1S/C10H20N2O4S/c1-7-3-9(8(2)11-4-7)5-12(10(13)14)6-17(15)16/h7-9,11H,3-6H2,1-2H3,(H,13,14)(H,15,16). The predicted molar refractivity (Wildman–Crippen MR) is 65.1 cm³/mol. The Morgan fingerprint density at radius 3 is 2.71 bits per heavy atom. The van der Waals surface area contributed by atoms with Crippen LogP contribution < -0.4 is 5.32 Å². The van der Waals surface area contributed by atoms with E-state index in [1.807, 2.05) is 6.92 Å². The van der Waals surface area contributed by atoms with Crippen molar-refractivity contribution in [3.05, 3.63) is 0 Å². The van der Waals surface area contributed by atoms with E-state index < -0.39 is 17.2 Å². The second-order valence-electron chi connectivity index (χ2n) is 4.75. The van der Waals surface area contributed by atoms with E-state index >= 15 is 0 Å². The molecular formula is C10H20N2O4S. The third kappa shape index (κ3) is 4.61. The quantitative estimate of drug-likeness (QED) is 0.653. The topological polar surface area (TPSA) is 89.9 Å². The second kappa shape index (κ2) is 6.32. The van der Waals surface area contributed by atoms with Gasteiger partial charge < -0.3 is 15.0 Å². The molecule has 0 spiro atoms. The molecule has 17 heavy (non-hydrogen) atoms. The van der Waals surface area contributed by atoms with Crippen LogP contribution in [0.25, 0.3) is 0 Å². The van der Waals surface area contributed by atoms with Crippen LogP contribution in [0.4, 0.5) is 4.79 Å². The molecule has 100 valence electrons. The average Bonchev–Trinajstić information content (AvgIpc) is 2.21. The van der Waals surface area contributed by atoms with Crippen molar-refractivity contribution in [1.82, 2.24) is 10.2 Å². The van der Waals surface area contributed by atoms with Crippen LogP contribution in [0.2, 0.25) is 0 Å². The van der Waals surface area contributed by atoms with Gasteiger partial charge in [-0.25, -0.2) is 9.00 Å². The molecule has 4 atom stereocenters. The van der Waals surface area contributed by atoms with Crippen molar-refractivity contribution in [2.24, 2.45) is 11.8 Å². The van der Waals surface area contributed by atoms with Crippen molar-refractivity contribution < 1.29 is 18.7 Å². The van der Waals surface area contributed by atoms with Gasteiger partial charge in [0.15, 0.2) is 11.1 Å². The lowest BCUT2D eigenvalue weighted by atomic mass is 9.86. The highest BCUT2D eigenvalue weighted by Gasteiger charge is 2.28. The summed E-state index contributed by atoms with van der Waals surface area (Å²) in [6.07, 6.45) is -0.200. The fourth-order valence-electron chi connectivity index (χ4n) is 2.19. The normalized spacial score (nSPS) is 30.9. The largest absolute Gasteiger partial charge is 0.465 e. The van der Waals surface area contributed by atoms with Gasteiger partial charge in [-0.2, -0.15) is 0 Å². The molecule has 7 heteroatoms. The van der Waals surface area contributed by atoms with Crippen molar-refractivity contribution in [3.63, 3.8) is 0 Å². The van der Waals surface area contributed by atoms with Crippen LogP contribution in [0, 0.1) is 11.8 Å². The first-order chi connectivity index (χ1) is 7.90. The molecule has 3 N–H and O–H groups in total. The molecular weight excluding hydrogens is 244 g/mol. The van der Waals surface area contributed by atoms with E-state index in [1.54, 1.807) is 0 Å². The van der Waals surface area contributed by atoms with Crippen molar-refractivity contribution in [2.45, 2.75) is 26.3 Å². The lowest BCUT2D eigenvalue weighted by Gasteiger charge is -2.36. The molecule has 0 radical (unpaired) electrons. The van der Waals surface area contributed by atoms with E-state index in [2.05, 4.69) is 12.2 Å². The highest BCUT2D eigenvalue weighted by Crippen LogP contribution is 2.21. The van der Waals surface area contributed by atoms with Crippen LogP contribution in [0.1, 0.15) is 20.3 Å². The van der Waals surface area contributed by atoms with E-state index in [0.29, 0.717) is 12.5 Å². The molecule has 1 aliphatic rings. The zero-order valence-corrected chi connectivity index (χ0v) is 10.9. The van der Waals surface area contributed by atoms with Gasteiger partial charge in [-0.05, 0) is 31.7 Å². The summed E-state index contributed by atoms with van der Waals surface area (Å²) in [7, 11) is 0. The Hall–Kier alpha value is -0.660. The zero-order valence-electron chi connectivity index (χ0n) is 10.1. The Kier molecular flexibility index (Phi) is 5.35. The summed E-state index contributed by atoms with van der Waals surface area (Å²) in [4.78, 5) is 12.0. The Balaban J connectivity index is 2.58. The first kappa shape index (κ1) is 14.4. The summed E-state index contributed by atoms with van der Waals surface area (Å²) in [6.45, 7) is 5.38. The highest BCUT2D eigenvalue weighted by molar-refractivity contribution is 7.79. The first-order valence-corrected chi connectivity index (χ1v) is 6.96. The van der Waals surface area contributed by atoms with Gasteiger partial charge in [0.2, 0.25) is 0 Å². The summed E-state index contributed by atoms with van der Waals surface area (Å²) in [5.41, 5.74) is 0. The van der Waals surface area contributed by atoms with Crippen LogP contribution in [0.3, 0.4) is 0 Å². The summed E-state index contributed by atoms with van der Waals surface area (Å²) in [5, 5.41) is 12.3. The van der Waals surface area contributed by atoms with Crippen molar-refractivity contribution in [1.29, 1.82) is 0 Å². The van der Waals surface area contributed by atoms with Crippen molar-refractivity contribution in [3.8, 4) is 0 Å². The molecule has 1 fully saturated rings. The number of carboxylic acid groups (broad SMARTS) is 1. The number of amides is 1. The lowest BCUT2D eigenvalue weighted by molar-refractivity contribution is 0.128. The lowest BCUT2D eigenvalue weighted by Crippen LogP contribution is -2.48. The molecule has 0 saturated carbocycles. The second-order valence-corrected chi connectivity index (χ2v) is 5.65. The van der Waals surface area contributed by atoms with Crippen LogP contribution in [-0.4, -0.2) is 49.9 Å². The van der Waals surface area contributed by atoms with Gasteiger partial charge in [0.05, 0.1) is 0 Å². The maximum atomic E-state index is 11.0. The monoisotopic (exact) mass is 264 g/mol. The minimum Gasteiger partial charge on any atom is -0.465 e. The van der Waals surface area contributed by atoms with Gasteiger partial charge in [-0.3, -0.25) is 4.90 Å². The summed E-state index contributed by atoms with van der Waals surface area (Å²) < 4.78 is 19.5. The van der Waals surface area contributed by atoms with Crippen LogP contribution in [0.15, 0.2) is 0 Å². The van der Waals surface area contributed by atoms with Gasteiger partial charge in [0.25, 0.3) is 0 Å². The molecule has 4 unspecified atom stereocenters. The summed E-state index contributed by atoms with van der Waals surface area (Å²) in [6, 6.07) is 0.236.